The van der Waals surface area contributed by atoms with Crippen LogP contribution in [-0.4, -0.2) is 44.0 Å². The van der Waals surface area contributed by atoms with Crippen LogP contribution < -0.4 is 5.32 Å². The SMILES string of the molecule is CCN(CC)S(=O)(=O)c1cccc(C(=O)NCCSCc2cccs2)c1. The fourth-order valence-corrected chi connectivity index (χ4v) is 5.62. The minimum atomic E-state index is -3.56. The van der Waals surface area contributed by atoms with E-state index in [1.807, 2.05) is 6.07 Å². The Balaban J connectivity index is 1.91. The van der Waals surface area contributed by atoms with Crippen LogP contribution in [0, 0.1) is 0 Å². The highest BCUT2D eigenvalue weighted by molar-refractivity contribution is 7.98. The molecule has 1 N–H and O–H groups in total. The summed E-state index contributed by atoms with van der Waals surface area (Å²) < 4.78 is 26.5. The maximum Gasteiger partial charge on any atom is 0.251 e. The molecule has 0 spiro atoms. The van der Waals surface area contributed by atoms with Gasteiger partial charge in [0, 0.05) is 41.6 Å². The van der Waals surface area contributed by atoms with Crippen molar-refractivity contribution in [1.29, 1.82) is 0 Å². The van der Waals surface area contributed by atoms with Crippen molar-refractivity contribution >= 4 is 39.0 Å². The van der Waals surface area contributed by atoms with Gasteiger partial charge in [0.1, 0.15) is 0 Å². The molecule has 2 rings (SSSR count). The highest BCUT2D eigenvalue weighted by Gasteiger charge is 2.22. The van der Waals surface area contributed by atoms with Crippen LogP contribution in [0.3, 0.4) is 0 Å². The van der Waals surface area contributed by atoms with Crippen molar-refractivity contribution in [2.75, 3.05) is 25.4 Å². The summed E-state index contributed by atoms with van der Waals surface area (Å²) in [5, 5.41) is 4.90. The van der Waals surface area contributed by atoms with E-state index < -0.39 is 10.0 Å². The quantitative estimate of drug-likeness (QED) is 0.607. The molecule has 0 fully saturated rings. The van der Waals surface area contributed by atoms with E-state index in [-0.39, 0.29) is 10.8 Å². The largest absolute Gasteiger partial charge is 0.351 e. The first-order valence-corrected chi connectivity index (χ1v) is 11.9. The van der Waals surface area contributed by atoms with Crippen molar-refractivity contribution in [2.45, 2.75) is 24.5 Å². The van der Waals surface area contributed by atoms with Crippen molar-refractivity contribution in [1.82, 2.24) is 9.62 Å². The van der Waals surface area contributed by atoms with Gasteiger partial charge in [0.05, 0.1) is 4.90 Å². The van der Waals surface area contributed by atoms with Crippen LogP contribution in [0.4, 0.5) is 0 Å². The van der Waals surface area contributed by atoms with Crippen molar-refractivity contribution in [3.05, 3.63) is 52.2 Å². The standard InChI is InChI=1S/C18H24N2O3S3/c1-3-20(4-2)26(22,23)17-9-5-7-15(13-17)18(21)19-10-12-24-14-16-8-6-11-25-16/h5-9,11,13H,3-4,10,12,14H2,1-2H3,(H,19,21). The number of thiophene rings is 1. The molecular weight excluding hydrogens is 388 g/mol. The number of benzene rings is 1. The van der Waals surface area contributed by atoms with Crippen molar-refractivity contribution in [2.24, 2.45) is 0 Å². The van der Waals surface area contributed by atoms with Gasteiger partial charge in [0.15, 0.2) is 0 Å². The third-order valence-electron chi connectivity index (χ3n) is 3.80. The van der Waals surface area contributed by atoms with Crippen LogP contribution in [0.5, 0.6) is 0 Å². The fourth-order valence-electron chi connectivity index (χ4n) is 2.42. The molecule has 8 heteroatoms. The molecule has 5 nitrogen and oxygen atoms in total. The van der Waals surface area contributed by atoms with Crippen LogP contribution in [0.25, 0.3) is 0 Å². The Labute approximate surface area is 163 Å². The summed E-state index contributed by atoms with van der Waals surface area (Å²) >= 11 is 3.48. The Morgan fingerprint density at radius 2 is 1.96 bits per heavy atom. The maximum atomic E-state index is 12.6. The molecule has 0 radical (unpaired) electrons. The zero-order chi connectivity index (χ0) is 19.0. The zero-order valence-electron chi connectivity index (χ0n) is 15.0. The Bertz CT molecular complexity index is 801. The highest BCUT2D eigenvalue weighted by Crippen LogP contribution is 2.18. The monoisotopic (exact) mass is 412 g/mol. The summed E-state index contributed by atoms with van der Waals surface area (Å²) in [6, 6.07) is 10.3. The van der Waals surface area contributed by atoms with Gasteiger partial charge in [0.2, 0.25) is 10.0 Å². The molecule has 142 valence electrons. The van der Waals surface area contributed by atoms with E-state index in [1.165, 1.54) is 21.3 Å². The highest BCUT2D eigenvalue weighted by atomic mass is 32.2. The molecule has 0 aliphatic heterocycles. The predicted octanol–water partition coefficient (Wildman–Crippen LogP) is 3.44. The third kappa shape index (κ3) is 5.57. The van der Waals surface area contributed by atoms with Crippen LogP contribution in [0.15, 0.2) is 46.7 Å². The first kappa shape index (κ1) is 21.0. The first-order chi connectivity index (χ1) is 12.5. The second-order valence-electron chi connectivity index (χ2n) is 5.51. The zero-order valence-corrected chi connectivity index (χ0v) is 17.4. The van der Waals surface area contributed by atoms with Crippen molar-refractivity contribution in [3.63, 3.8) is 0 Å². The topological polar surface area (TPSA) is 66.5 Å². The average molecular weight is 413 g/mol. The Kier molecular flexibility index (Phi) is 8.15. The van der Waals surface area contributed by atoms with Crippen LogP contribution in [-0.2, 0) is 15.8 Å². The molecule has 0 saturated heterocycles. The third-order valence-corrected chi connectivity index (χ3v) is 7.91. The molecule has 1 heterocycles. The molecule has 0 aliphatic rings. The van der Waals surface area contributed by atoms with Gasteiger partial charge in [-0.15, -0.1) is 11.3 Å². The van der Waals surface area contributed by atoms with Gasteiger partial charge in [-0.05, 0) is 29.6 Å². The number of thioether (sulfide) groups is 1. The minimum absolute atomic E-state index is 0.154. The second-order valence-corrected chi connectivity index (χ2v) is 9.58. The van der Waals surface area contributed by atoms with Crippen LogP contribution >= 0.6 is 23.1 Å². The van der Waals surface area contributed by atoms with E-state index in [0.29, 0.717) is 25.2 Å². The van der Waals surface area contributed by atoms with Gasteiger partial charge in [-0.1, -0.05) is 26.0 Å². The molecule has 1 aromatic heterocycles. The lowest BCUT2D eigenvalue weighted by Crippen LogP contribution is -2.31. The van der Waals surface area contributed by atoms with E-state index >= 15 is 0 Å². The van der Waals surface area contributed by atoms with Crippen molar-refractivity contribution in [3.8, 4) is 0 Å². The Morgan fingerprint density at radius 1 is 1.19 bits per heavy atom. The maximum absolute atomic E-state index is 12.6. The molecule has 0 atom stereocenters. The van der Waals surface area contributed by atoms with E-state index in [9.17, 15) is 13.2 Å². The molecule has 0 bridgehead atoms. The summed E-state index contributed by atoms with van der Waals surface area (Å²) in [5.41, 5.74) is 0.362. The molecule has 26 heavy (non-hydrogen) atoms. The molecule has 0 saturated carbocycles. The number of carbonyl (C=O) groups excluding carboxylic acids is 1. The van der Waals surface area contributed by atoms with Gasteiger partial charge in [-0.2, -0.15) is 16.1 Å². The average Bonchev–Trinajstić information content (AvgIpc) is 3.15. The number of nitrogens with one attached hydrogen (secondary N) is 1. The summed E-state index contributed by atoms with van der Waals surface area (Å²) in [6.45, 7) is 4.94. The van der Waals surface area contributed by atoms with Gasteiger partial charge >= 0.3 is 0 Å². The number of rotatable bonds is 10. The van der Waals surface area contributed by atoms with E-state index in [1.54, 1.807) is 49.1 Å². The summed E-state index contributed by atoms with van der Waals surface area (Å²) in [6.07, 6.45) is 0. The minimum Gasteiger partial charge on any atom is -0.351 e. The molecular formula is C18H24N2O3S3. The lowest BCUT2D eigenvalue weighted by molar-refractivity contribution is 0.0956. The fraction of sp³-hybridized carbons (Fsp3) is 0.389. The Hall–Kier alpha value is -1.35. The number of hydrogen-bond donors (Lipinski definition) is 1. The predicted molar refractivity (Wildman–Crippen MR) is 109 cm³/mol. The van der Waals surface area contributed by atoms with Gasteiger partial charge in [-0.25, -0.2) is 8.42 Å². The number of amides is 1. The van der Waals surface area contributed by atoms with Gasteiger partial charge < -0.3 is 5.32 Å². The second kappa shape index (κ2) is 10.1. The van der Waals surface area contributed by atoms with Crippen LogP contribution in [0.2, 0.25) is 0 Å². The van der Waals surface area contributed by atoms with Gasteiger partial charge in [-0.3, -0.25) is 4.79 Å². The molecule has 0 unspecified atom stereocenters. The summed E-state index contributed by atoms with van der Waals surface area (Å²) in [7, 11) is -3.56. The summed E-state index contributed by atoms with van der Waals surface area (Å²) in [5.74, 6) is 1.49. The molecule has 0 aliphatic carbocycles. The molecule has 1 aromatic carbocycles. The van der Waals surface area contributed by atoms with Crippen molar-refractivity contribution < 1.29 is 13.2 Å². The molecule has 2 aromatic rings. The first-order valence-electron chi connectivity index (χ1n) is 8.47. The van der Waals surface area contributed by atoms with E-state index in [4.69, 9.17) is 0 Å². The lowest BCUT2D eigenvalue weighted by Gasteiger charge is -2.18. The lowest BCUT2D eigenvalue weighted by atomic mass is 10.2. The summed E-state index contributed by atoms with van der Waals surface area (Å²) in [4.78, 5) is 13.8. The Morgan fingerprint density at radius 3 is 2.62 bits per heavy atom. The molecule has 1 amide bonds. The number of nitrogens with zero attached hydrogens (tertiary/aromatic N) is 1. The smallest absolute Gasteiger partial charge is 0.251 e. The van der Waals surface area contributed by atoms with Crippen LogP contribution in [0.1, 0.15) is 29.1 Å². The van der Waals surface area contributed by atoms with Gasteiger partial charge in [0.25, 0.3) is 5.91 Å². The number of sulfonamides is 1. The van der Waals surface area contributed by atoms with E-state index in [0.717, 1.165) is 11.5 Å². The number of hydrogen-bond acceptors (Lipinski definition) is 5. The van der Waals surface area contributed by atoms with E-state index in [2.05, 4.69) is 16.8 Å². The normalized spacial score (nSPS) is 11.7. The number of carbonyl (C=O) groups is 1.